The smallest absolute Gasteiger partial charge is 0.264 e. The third-order valence-corrected chi connectivity index (χ3v) is 7.23. The quantitative estimate of drug-likeness (QED) is 0.444. The largest absolute Gasteiger partial charge is 0.271 e. The maximum Gasteiger partial charge on any atom is 0.264 e. The molecule has 1 aromatic heterocycles. The highest BCUT2D eigenvalue weighted by molar-refractivity contribution is 7.92. The summed E-state index contributed by atoms with van der Waals surface area (Å²) in [6.07, 6.45) is 1.56. The molecule has 0 aliphatic heterocycles. The van der Waals surface area contributed by atoms with Gasteiger partial charge < -0.3 is 0 Å². The van der Waals surface area contributed by atoms with E-state index < -0.39 is 15.9 Å². The molecule has 1 heterocycles. The van der Waals surface area contributed by atoms with Crippen molar-refractivity contribution in [3.63, 3.8) is 0 Å². The normalized spacial score (nSPS) is 11.6. The fraction of sp³-hybridized carbons (Fsp3) is 0.182. The molecule has 1 amide bonds. The Bertz CT molecular complexity index is 1150. The highest BCUT2D eigenvalue weighted by atomic mass is 32.2. The molecule has 0 fully saturated rings. The Morgan fingerprint density at radius 3 is 2.17 bits per heavy atom. The summed E-state index contributed by atoms with van der Waals surface area (Å²) in [4.78, 5) is 13.6. The fourth-order valence-electron chi connectivity index (χ4n) is 2.71. The lowest BCUT2D eigenvalue weighted by molar-refractivity contribution is -0.119. The maximum atomic E-state index is 13.3. The van der Waals surface area contributed by atoms with Crippen LogP contribution in [0.1, 0.15) is 21.6 Å². The number of hydrogen-bond donors (Lipinski definition) is 1. The zero-order chi connectivity index (χ0) is 21.7. The van der Waals surface area contributed by atoms with Crippen LogP contribution in [0.3, 0.4) is 0 Å². The molecular formula is C22H23N3O3S2. The molecule has 2 aromatic carbocycles. The first-order valence-corrected chi connectivity index (χ1v) is 11.6. The number of hydrazone groups is 1. The van der Waals surface area contributed by atoms with Crippen LogP contribution in [0, 0.1) is 20.8 Å². The van der Waals surface area contributed by atoms with Gasteiger partial charge >= 0.3 is 0 Å². The Morgan fingerprint density at radius 1 is 1.00 bits per heavy atom. The second-order valence-corrected chi connectivity index (χ2v) is 9.73. The predicted octanol–water partition coefficient (Wildman–Crippen LogP) is 4.02. The Morgan fingerprint density at radius 2 is 1.60 bits per heavy atom. The summed E-state index contributed by atoms with van der Waals surface area (Å²) in [6, 6.07) is 15.5. The summed E-state index contributed by atoms with van der Waals surface area (Å²) in [5, 5.41) is 5.90. The maximum absolute atomic E-state index is 13.3. The standard InChI is InChI=1S/C22H23N3O3S2/c1-16-4-8-19(9-5-16)25(30(27,28)20-10-6-17(2)7-11-20)15-22(26)24-23-14-21-18(3)12-13-29-21/h4-14H,15H2,1-3H3,(H,24,26)/b23-14+. The van der Waals surface area contributed by atoms with Crippen molar-refractivity contribution in [1.82, 2.24) is 5.43 Å². The van der Waals surface area contributed by atoms with Gasteiger partial charge in [0.05, 0.1) is 16.8 Å². The van der Waals surface area contributed by atoms with E-state index in [-0.39, 0.29) is 11.4 Å². The minimum Gasteiger partial charge on any atom is -0.271 e. The number of nitrogens with zero attached hydrogens (tertiary/aromatic N) is 2. The number of benzene rings is 2. The second kappa shape index (κ2) is 9.23. The van der Waals surface area contributed by atoms with Crippen LogP contribution in [-0.2, 0) is 14.8 Å². The summed E-state index contributed by atoms with van der Waals surface area (Å²) in [5.74, 6) is -0.531. The van der Waals surface area contributed by atoms with Gasteiger partial charge in [-0.05, 0) is 62.0 Å². The highest BCUT2D eigenvalue weighted by Crippen LogP contribution is 2.24. The van der Waals surface area contributed by atoms with Crippen LogP contribution in [0.15, 0.2) is 70.0 Å². The fourth-order valence-corrected chi connectivity index (χ4v) is 4.92. The number of hydrogen-bond acceptors (Lipinski definition) is 5. The first-order chi connectivity index (χ1) is 14.3. The van der Waals surface area contributed by atoms with E-state index >= 15 is 0 Å². The Kier molecular flexibility index (Phi) is 6.69. The minimum absolute atomic E-state index is 0.124. The topological polar surface area (TPSA) is 78.8 Å². The molecule has 0 atom stereocenters. The van der Waals surface area contributed by atoms with Crippen molar-refractivity contribution < 1.29 is 13.2 Å². The molecule has 0 bridgehead atoms. The van der Waals surface area contributed by atoms with Crippen LogP contribution < -0.4 is 9.73 Å². The number of sulfonamides is 1. The molecule has 0 saturated heterocycles. The number of aryl methyl sites for hydroxylation is 3. The van der Waals surface area contributed by atoms with Crippen LogP contribution in [0.2, 0.25) is 0 Å². The van der Waals surface area contributed by atoms with Crippen molar-refractivity contribution >= 4 is 39.2 Å². The molecule has 3 aromatic rings. The van der Waals surface area contributed by atoms with E-state index in [1.54, 1.807) is 42.6 Å². The molecular weight excluding hydrogens is 418 g/mol. The van der Waals surface area contributed by atoms with E-state index in [1.807, 2.05) is 44.4 Å². The summed E-state index contributed by atoms with van der Waals surface area (Å²) in [7, 11) is -3.93. The number of anilines is 1. The van der Waals surface area contributed by atoms with Gasteiger partial charge in [0.1, 0.15) is 6.54 Å². The van der Waals surface area contributed by atoms with E-state index in [0.717, 1.165) is 25.9 Å². The molecule has 1 N–H and O–H groups in total. The summed E-state index contributed by atoms with van der Waals surface area (Å²) in [6.45, 7) is 5.36. The van der Waals surface area contributed by atoms with Gasteiger partial charge in [0.25, 0.3) is 15.9 Å². The molecule has 0 radical (unpaired) electrons. The number of carbonyl (C=O) groups is 1. The van der Waals surface area contributed by atoms with Crippen molar-refractivity contribution in [2.24, 2.45) is 5.10 Å². The molecule has 3 rings (SSSR count). The number of rotatable bonds is 7. The number of amides is 1. The van der Waals surface area contributed by atoms with Crippen molar-refractivity contribution in [2.75, 3.05) is 10.8 Å². The minimum atomic E-state index is -3.93. The third-order valence-electron chi connectivity index (χ3n) is 4.49. The molecule has 6 nitrogen and oxygen atoms in total. The first kappa shape index (κ1) is 21.7. The van der Waals surface area contributed by atoms with Crippen LogP contribution >= 0.6 is 11.3 Å². The van der Waals surface area contributed by atoms with Gasteiger partial charge in [-0.15, -0.1) is 11.3 Å². The number of carbonyl (C=O) groups excluding carboxylic acids is 1. The zero-order valence-electron chi connectivity index (χ0n) is 17.0. The van der Waals surface area contributed by atoms with E-state index in [1.165, 1.54) is 11.3 Å². The zero-order valence-corrected chi connectivity index (χ0v) is 18.6. The molecule has 30 heavy (non-hydrogen) atoms. The average molecular weight is 442 g/mol. The monoisotopic (exact) mass is 441 g/mol. The molecule has 0 unspecified atom stereocenters. The van der Waals surface area contributed by atoms with Crippen molar-refractivity contribution in [1.29, 1.82) is 0 Å². The van der Waals surface area contributed by atoms with Crippen LogP contribution in [0.25, 0.3) is 0 Å². The summed E-state index contributed by atoms with van der Waals surface area (Å²) < 4.78 is 27.7. The Labute approximate surface area is 180 Å². The molecule has 0 aliphatic carbocycles. The Hall–Kier alpha value is -2.97. The van der Waals surface area contributed by atoms with Gasteiger partial charge in [0, 0.05) is 4.88 Å². The number of thiophene rings is 1. The van der Waals surface area contributed by atoms with Crippen LogP contribution in [0.4, 0.5) is 5.69 Å². The molecule has 8 heteroatoms. The lowest BCUT2D eigenvalue weighted by Crippen LogP contribution is -2.39. The van der Waals surface area contributed by atoms with Crippen LogP contribution in [-0.4, -0.2) is 27.1 Å². The molecule has 0 saturated carbocycles. The van der Waals surface area contributed by atoms with E-state index in [9.17, 15) is 13.2 Å². The van der Waals surface area contributed by atoms with Gasteiger partial charge in [-0.1, -0.05) is 35.4 Å². The average Bonchev–Trinajstić information content (AvgIpc) is 3.12. The Balaban J connectivity index is 1.85. The molecule has 156 valence electrons. The van der Waals surface area contributed by atoms with Crippen molar-refractivity contribution in [3.05, 3.63) is 81.5 Å². The highest BCUT2D eigenvalue weighted by Gasteiger charge is 2.27. The van der Waals surface area contributed by atoms with Gasteiger partial charge in [-0.25, -0.2) is 13.8 Å². The lowest BCUT2D eigenvalue weighted by atomic mass is 10.2. The molecule has 0 spiro atoms. The summed E-state index contributed by atoms with van der Waals surface area (Å²) >= 11 is 1.51. The van der Waals surface area contributed by atoms with E-state index in [2.05, 4.69) is 10.5 Å². The SMILES string of the molecule is Cc1ccc(N(CC(=O)N/N=C/c2sccc2C)S(=O)(=O)c2ccc(C)cc2)cc1. The predicted molar refractivity (Wildman–Crippen MR) is 122 cm³/mol. The summed E-state index contributed by atoms with van der Waals surface area (Å²) in [5.41, 5.74) is 5.83. The van der Waals surface area contributed by atoms with E-state index in [4.69, 9.17) is 0 Å². The third kappa shape index (κ3) is 5.14. The molecule has 0 aliphatic rings. The second-order valence-electron chi connectivity index (χ2n) is 6.92. The number of nitrogens with one attached hydrogen (secondary N) is 1. The first-order valence-electron chi connectivity index (χ1n) is 9.29. The van der Waals surface area contributed by atoms with Gasteiger partial charge in [-0.3, -0.25) is 9.10 Å². The van der Waals surface area contributed by atoms with Crippen molar-refractivity contribution in [2.45, 2.75) is 25.7 Å². The van der Waals surface area contributed by atoms with Crippen LogP contribution in [0.5, 0.6) is 0 Å². The van der Waals surface area contributed by atoms with E-state index in [0.29, 0.717) is 5.69 Å². The van der Waals surface area contributed by atoms with Gasteiger partial charge in [0.2, 0.25) is 0 Å². The lowest BCUT2D eigenvalue weighted by Gasteiger charge is -2.24. The van der Waals surface area contributed by atoms with Crippen molar-refractivity contribution in [3.8, 4) is 0 Å². The van der Waals surface area contributed by atoms with Gasteiger partial charge in [-0.2, -0.15) is 5.10 Å². The van der Waals surface area contributed by atoms with Gasteiger partial charge in [0.15, 0.2) is 0 Å².